The number of hydrogen-bond donors (Lipinski definition) is 2. The largest absolute Gasteiger partial charge is 0.469 e. The van der Waals surface area contributed by atoms with E-state index in [2.05, 4.69) is 4.72 Å². The van der Waals surface area contributed by atoms with Crippen molar-refractivity contribution in [3.63, 3.8) is 0 Å². The standard InChI is InChI=1S/C11H18N2O3S2/c1-3-10(11(12)17)18(14,15)13-8(2)7-9-5-4-6-16-9/h4-6,8,10,13H,3,7H2,1-2H3,(H2,12,17). The minimum Gasteiger partial charge on any atom is -0.469 e. The van der Waals surface area contributed by atoms with Gasteiger partial charge in [-0.2, -0.15) is 0 Å². The van der Waals surface area contributed by atoms with Crippen LogP contribution in [0.15, 0.2) is 22.8 Å². The average molecular weight is 290 g/mol. The zero-order chi connectivity index (χ0) is 13.8. The van der Waals surface area contributed by atoms with Crippen LogP contribution in [0.1, 0.15) is 26.0 Å². The Morgan fingerprint density at radius 3 is 2.72 bits per heavy atom. The van der Waals surface area contributed by atoms with Crippen molar-refractivity contribution in [1.82, 2.24) is 4.72 Å². The lowest BCUT2D eigenvalue weighted by molar-refractivity contribution is 0.478. The highest BCUT2D eigenvalue weighted by Gasteiger charge is 2.27. The van der Waals surface area contributed by atoms with Crippen LogP contribution in [0.5, 0.6) is 0 Å². The van der Waals surface area contributed by atoms with Crippen LogP contribution >= 0.6 is 12.2 Å². The van der Waals surface area contributed by atoms with Crippen molar-refractivity contribution in [1.29, 1.82) is 0 Å². The Morgan fingerprint density at radius 2 is 2.28 bits per heavy atom. The molecule has 0 aliphatic rings. The summed E-state index contributed by atoms with van der Waals surface area (Å²) in [6, 6.07) is 3.29. The summed E-state index contributed by atoms with van der Waals surface area (Å²) in [5.41, 5.74) is 5.44. The van der Waals surface area contributed by atoms with Gasteiger partial charge in [0.15, 0.2) is 0 Å². The molecule has 0 amide bonds. The molecule has 0 aromatic carbocycles. The Kier molecular flexibility index (Phi) is 5.30. The van der Waals surface area contributed by atoms with E-state index in [-0.39, 0.29) is 11.0 Å². The second-order valence-corrected chi connectivity index (χ2v) is 6.51. The maximum absolute atomic E-state index is 12.0. The molecule has 7 heteroatoms. The van der Waals surface area contributed by atoms with E-state index in [1.165, 1.54) is 0 Å². The number of nitrogens with one attached hydrogen (secondary N) is 1. The molecular formula is C11H18N2O3S2. The van der Waals surface area contributed by atoms with Gasteiger partial charge in [0.25, 0.3) is 0 Å². The first kappa shape index (κ1) is 15.1. The van der Waals surface area contributed by atoms with Gasteiger partial charge in [-0.25, -0.2) is 13.1 Å². The predicted octanol–water partition coefficient (Wildman–Crippen LogP) is 1.19. The number of furan rings is 1. The lowest BCUT2D eigenvalue weighted by Gasteiger charge is -2.18. The van der Waals surface area contributed by atoms with Crippen LogP contribution < -0.4 is 10.5 Å². The maximum atomic E-state index is 12.0. The molecule has 5 nitrogen and oxygen atoms in total. The summed E-state index contributed by atoms with van der Waals surface area (Å²) in [5.74, 6) is 0.730. The summed E-state index contributed by atoms with van der Waals surface area (Å²) in [4.78, 5) is -0.00445. The molecule has 0 fully saturated rings. The van der Waals surface area contributed by atoms with Gasteiger partial charge in [-0.1, -0.05) is 19.1 Å². The molecule has 0 radical (unpaired) electrons. The van der Waals surface area contributed by atoms with Crippen LogP contribution in [0.2, 0.25) is 0 Å². The molecule has 1 heterocycles. The lowest BCUT2D eigenvalue weighted by atomic mass is 10.2. The third-order valence-electron chi connectivity index (χ3n) is 2.52. The third kappa shape index (κ3) is 4.08. The molecule has 0 aliphatic carbocycles. The Morgan fingerprint density at radius 1 is 1.61 bits per heavy atom. The monoisotopic (exact) mass is 290 g/mol. The Labute approximate surface area is 113 Å². The highest BCUT2D eigenvalue weighted by molar-refractivity contribution is 7.93. The number of nitrogens with two attached hydrogens (primary N) is 1. The van der Waals surface area contributed by atoms with E-state index >= 15 is 0 Å². The van der Waals surface area contributed by atoms with E-state index in [0.717, 1.165) is 5.76 Å². The summed E-state index contributed by atoms with van der Waals surface area (Å²) in [6.45, 7) is 3.51. The highest BCUT2D eigenvalue weighted by Crippen LogP contribution is 2.09. The molecule has 0 saturated heterocycles. The smallest absolute Gasteiger partial charge is 0.221 e. The molecule has 102 valence electrons. The summed E-state index contributed by atoms with van der Waals surface area (Å²) in [7, 11) is -3.53. The number of thiocarbonyl (C=S) groups is 1. The minimum atomic E-state index is -3.53. The molecular weight excluding hydrogens is 272 g/mol. The number of hydrogen-bond acceptors (Lipinski definition) is 4. The summed E-state index contributed by atoms with van der Waals surface area (Å²) in [5, 5.41) is -0.827. The molecule has 2 atom stereocenters. The van der Waals surface area contributed by atoms with Crippen LogP contribution in [0.4, 0.5) is 0 Å². The van der Waals surface area contributed by atoms with Crippen LogP contribution in [0, 0.1) is 0 Å². The van der Waals surface area contributed by atoms with Gasteiger partial charge in [0.1, 0.15) is 11.0 Å². The molecule has 0 aliphatic heterocycles. The lowest BCUT2D eigenvalue weighted by Crippen LogP contribution is -2.45. The van der Waals surface area contributed by atoms with Gasteiger partial charge in [-0.15, -0.1) is 0 Å². The topological polar surface area (TPSA) is 85.3 Å². The minimum absolute atomic E-state index is 0.00445. The van der Waals surface area contributed by atoms with Gasteiger partial charge in [0, 0.05) is 12.5 Å². The second-order valence-electron chi connectivity index (χ2n) is 4.15. The highest BCUT2D eigenvalue weighted by atomic mass is 32.2. The fourth-order valence-electron chi connectivity index (χ4n) is 1.71. The van der Waals surface area contributed by atoms with Crippen LogP contribution in [0.25, 0.3) is 0 Å². The molecule has 1 rings (SSSR count). The Balaban J connectivity index is 2.67. The zero-order valence-electron chi connectivity index (χ0n) is 10.4. The third-order valence-corrected chi connectivity index (χ3v) is 5.02. The maximum Gasteiger partial charge on any atom is 0.221 e. The fourth-order valence-corrected chi connectivity index (χ4v) is 3.81. The zero-order valence-corrected chi connectivity index (χ0v) is 12.1. The first-order valence-corrected chi connectivity index (χ1v) is 7.65. The van der Waals surface area contributed by atoms with Gasteiger partial charge < -0.3 is 10.2 Å². The number of rotatable bonds is 7. The predicted molar refractivity (Wildman–Crippen MR) is 74.8 cm³/mol. The molecule has 0 bridgehead atoms. The Bertz CT molecular complexity index is 482. The van der Waals surface area contributed by atoms with E-state index in [0.29, 0.717) is 12.8 Å². The van der Waals surface area contributed by atoms with E-state index in [1.54, 1.807) is 32.2 Å². The molecule has 1 aromatic rings. The van der Waals surface area contributed by atoms with Crippen molar-refractivity contribution in [3.8, 4) is 0 Å². The van der Waals surface area contributed by atoms with Crippen LogP contribution in [-0.2, 0) is 16.4 Å². The van der Waals surface area contributed by atoms with E-state index in [4.69, 9.17) is 22.4 Å². The van der Waals surface area contributed by atoms with Gasteiger partial charge in [0.2, 0.25) is 10.0 Å². The molecule has 3 N–H and O–H groups in total. The SMILES string of the molecule is CCC(C(N)=S)S(=O)(=O)NC(C)Cc1ccco1. The molecule has 0 saturated carbocycles. The van der Waals surface area contributed by atoms with E-state index in [1.807, 2.05) is 0 Å². The van der Waals surface area contributed by atoms with Crippen molar-refractivity contribution < 1.29 is 12.8 Å². The number of sulfonamides is 1. The van der Waals surface area contributed by atoms with Crippen molar-refractivity contribution in [2.45, 2.75) is 38.0 Å². The first-order valence-electron chi connectivity index (χ1n) is 5.69. The molecule has 1 aromatic heterocycles. The van der Waals surface area contributed by atoms with Crippen LogP contribution in [0.3, 0.4) is 0 Å². The van der Waals surface area contributed by atoms with Gasteiger partial charge in [-0.3, -0.25) is 0 Å². The molecule has 2 unspecified atom stereocenters. The molecule has 0 spiro atoms. The van der Waals surface area contributed by atoms with Crippen molar-refractivity contribution in [2.24, 2.45) is 5.73 Å². The molecule has 18 heavy (non-hydrogen) atoms. The van der Waals surface area contributed by atoms with Gasteiger partial charge >= 0.3 is 0 Å². The second kappa shape index (κ2) is 6.31. The van der Waals surface area contributed by atoms with E-state index < -0.39 is 15.3 Å². The first-order chi connectivity index (χ1) is 8.36. The fraction of sp³-hybridized carbons (Fsp3) is 0.545. The van der Waals surface area contributed by atoms with Crippen molar-refractivity contribution in [3.05, 3.63) is 24.2 Å². The average Bonchev–Trinajstić information content (AvgIpc) is 2.68. The van der Waals surface area contributed by atoms with Gasteiger partial charge in [0.05, 0.1) is 11.3 Å². The van der Waals surface area contributed by atoms with Crippen molar-refractivity contribution in [2.75, 3.05) is 0 Å². The van der Waals surface area contributed by atoms with E-state index in [9.17, 15) is 8.42 Å². The summed E-state index contributed by atoms with van der Waals surface area (Å²) >= 11 is 4.77. The van der Waals surface area contributed by atoms with Crippen molar-refractivity contribution >= 4 is 27.2 Å². The Hall–Kier alpha value is -0.920. The van der Waals surface area contributed by atoms with Gasteiger partial charge in [-0.05, 0) is 25.5 Å². The summed E-state index contributed by atoms with van der Waals surface area (Å²) in [6.07, 6.45) is 2.40. The normalized spacial score (nSPS) is 15.2. The quantitative estimate of drug-likeness (QED) is 0.737. The van der Waals surface area contributed by atoms with Crippen LogP contribution in [-0.4, -0.2) is 24.7 Å². The summed E-state index contributed by atoms with van der Waals surface area (Å²) < 4.78 is 31.8.